The van der Waals surface area contributed by atoms with Crippen molar-refractivity contribution < 1.29 is 21.2 Å². The highest BCUT2D eigenvalue weighted by atomic mass is 32.2. The summed E-state index contributed by atoms with van der Waals surface area (Å²) in [4.78, 5) is 2.11. The van der Waals surface area contributed by atoms with Gasteiger partial charge < -0.3 is 4.90 Å². The monoisotopic (exact) mass is 469 g/mol. The van der Waals surface area contributed by atoms with Gasteiger partial charge in [-0.1, -0.05) is 12.1 Å². The molecule has 0 unspecified atom stereocenters. The van der Waals surface area contributed by atoms with E-state index in [1.807, 2.05) is 12.1 Å². The molecule has 2 aromatic carbocycles. The number of nitrogens with zero attached hydrogens (tertiary/aromatic N) is 2. The van der Waals surface area contributed by atoms with Crippen molar-refractivity contribution in [1.29, 1.82) is 0 Å². The van der Waals surface area contributed by atoms with Gasteiger partial charge in [-0.05, 0) is 61.6 Å². The Kier molecular flexibility index (Phi) is 7.23. The molecule has 7 nitrogen and oxygen atoms in total. The molecule has 0 aliphatic carbocycles. The number of para-hydroxylation sites is 2. The van der Waals surface area contributed by atoms with Crippen LogP contribution in [0.15, 0.2) is 58.3 Å². The molecule has 3 rings (SSSR count). The molecular weight excluding hydrogens is 441 g/mol. The van der Waals surface area contributed by atoms with Crippen molar-refractivity contribution in [2.75, 3.05) is 43.5 Å². The van der Waals surface area contributed by atoms with E-state index >= 15 is 0 Å². The lowest BCUT2D eigenvalue weighted by Crippen LogP contribution is -2.34. The predicted molar refractivity (Wildman–Crippen MR) is 120 cm³/mol. The third-order valence-corrected chi connectivity index (χ3v) is 8.74. The molecule has 0 saturated carbocycles. The number of anilines is 2. The van der Waals surface area contributed by atoms with Crippen molar-refractivity contribution in [2.45, 2.75) is 29.1 Å². The summed E-state index contributed by atoms with van der Waals surface area (Å²) in [7, 11) is -4.72. The van der Waals surface area contributed by atoms with Crippen LogP contribution in [0.5, 0.6) is 0 Å². The summed E-state index contributed by atoms with van der Waals surface area (Å²) in [5.74, 6) is 0.363. The topological polar surface area (TPSA) is 86.8 Å². The molecule has 0 amide bonds. The fraction of sp³-hybridized carbons (Fsp3) is 0.429. The zero-order chi connectivity index (χ0) is 22.6. The lowest BCUT2D eigenvalue weighted by Gasteiger charge is -2.34. The molecule has 1 heterocycles. The maximum Gasteiger partial charge on any atom is 0.261 e. The Balaban J connectivity index is 1.80. The van der Waals surface area contributed by atoms with Crippen LogP contribution in [0.25, 0.3) is 0 Å². The van der Waals surface area contributed by atoms with E-state index in [4.69, 9.17) is 0 Å². The third kappa shape index (κ3) is 5.36. The summed E-state index contributed by atoms with van der Waals surface area (Å²) < 4.78 is 66.6. The summed E-state index contributed by atoms with van der Waals surface area (Å²) in [6.45, 7) is 1.16. The maximum atomic E-state index is 12.9. The van der Waals surface area contributed by atoms with Crippen LogP contribution in [-0.2, 0) is 20.0 Å². The smallest absolute Gasteiger partial charge is 0.261 e. The molecule has 31 heavy (non-hydrogen) atoms. The highest BCUT2D eigenvalue weighted by Crippen LogP contribution is 2.32. The Labute approximate surface area is 184 Å². The van der Waals surface area contributed by atoms with E-state index in [1.54, 1.807) is 12.1 Å². The number of rotatable bonds is 8. The van der Waals surface area contributed by atoms with E-state index < -0.39 is 20.0 Å². The summed E-state index contributed by atoms with van der Waals surface area (Å²) in [5, 5.41) is 0. The number of benzene rings is 2. The van der Waals surface area contributed by atoms with Gasteiger partial charge in [0.05, 0.1) is 27.8 Å². The number of hydrogen-bond acceptors (Lipinski definition) is 5. The van der Waals surface area contributed by atoms with E-state index in [-0.39, 0.29) is 16.5 Å². The molecule has 1 aliphatic heterocycles. The first-order valence-corrected chi connectivity index (χ1v) is 13.0. The largest absolute Gasteiger partial charge is 0.370 e. The normalized spacial score (nSPS) is 15.9. The number of halogens is 1. The average Bonchev–Trinajstić information content (AvgIpc) is 2.75. The Bertz CT molecular complexity index is 1100. The van der Waals surface area contributed by atoms with E-state index in [9.17, 15) is 21.2 Å². The first-order chi connectivity index (χ1) is 14.6. The summed E-state index contributed by atoms with van der Waals surface area (Å²) >= 11 is 0. The Hall–Kier alpha value is -2.17. The SMILES string of the molecule is CN(C)S(=O)(=O)c1ccc(S(=O)(=O)Nc2ccccc2N2CCC(CCF)CC2)cc1. The molecule has 1 saturated heterocycles. The van der Waals surface area contributed by atoms with Gasteiger partial charge in [0.15, 0.2) is 0 Å². The van der Waals surface area contributed by atoms with Crippen LogP contribution in [0.2, 0.25) is 0 Å². The fourth-order valence-corrected chi connectivity index (χ4v) is 5.63. The Morgan fingerprint density at radius 1 is 0.968 bits per heavy atom. The molecule has 2 aromatic rings. The van der Waals surface area contributed by atoms with Crippen molar-refractivity contribution in [3.8, 4) is 0 Å². The zero-order valence-corrected chi connectivity index (χ0v) is 19.3. The Morgan fingerprint density at radius 3 is 2.13 bits per heavy atom. The van der Waals surface area contributed by atoms with Crippen LogP contribution >= 0.6 is 0 Å². The lowest BCUT2D eigenvalue weighted by atomic mass is 9.94. The maximum absolute atomic E-state index is 12.9. The van der Waals surface area contributed by atoms with Crippen LogP contribution in [0.3, 0.4) is 0 Å². The van der Waals surface area contributed by atoms with Crippen molar-refractivity contribution in [3.63, 3.8) is 0 Å². The average molecular weight is 470 g/mol. The molecule has 1 fully saturated rings. The van der Waals surface area contributed by atoms with Crippen molar-refractivity contribution in [3.05, 3.63) is 48.5 Å². The van der Waals surface area contributed by atoms with E-state index in [1.165, 1.54) is 38.4 Å². The summed E-state index contributed by atoms with van der Waals surface area (Å²) in [6, 6.07) is 12.3. The molecular formula is C21H28FN3O4S2. The van der Waals surface area contributed by atoms with Crippen molar-refractivity contribution in [2.24, 2.45) is 5.92 Å². The third-order valence-electron chi connectivity index (χ3n) is 5.53. The highest BCUT2D eigenvalue weighted by Gasteiger charge is 2.24. The molecule has 0 aromatic heterocycles. The minimum atomic E-state index is -3.91. The van der Waals surface area contributed by atoms with E-state index in [0.29, 0.717) is 18.0 Å². The second-order valence-electron chi connectivity index (χ2n) is 7.79. The van der Waals surface area contributed by atoms with E-state index in [0.717, 1.165) is 35.9 Å². The van der Waals surface area contributed by atoms with Gasteiger partial charge in [0, 0.05) is 27.2 Å². The minimum Gasteiger partial charge on any atom is -0.370 e. The molecule has 0 spiro atoms. The molecule has 10 heteroatoms. The van der Waals surface area contributed by atoms with Crippen molar-refractivity contribution >= 4 is 31.4 Å². The van der Waals surface area contributed by atoms with Crippen LogP contribution < -0.4 is 9.62 Å². The van der Waals surface area contributed by atoms with Crippen LogP contribution in [-0.4, -0.2) is 55.0 Å². The van der Waals surface area contributed by atoms with Gasteiger partial charge in [0.25, 0.3) is 10.0 Å². The van der Waals surface area contributed by atoms with Gasteiger partial charge in [-0.15, -0.1) is 0 Å². The Morgan fingerprint density at radius 2 is 1.55 bits per heavy atom. The van der Waals surface area contributed by atoms with Gasteiger partial charge in [0.2, 0.25) is 10.0 Å². The van der Waals surface area contributed by atoms with Crippen LogP contribution in [0.4, 0.5) is 15.8 Å². The van der Waals surface area contributed by atoms with Gasteiger partial charge in [-0.2, -0.15) is 0 Å². The predicted octanol–water partition coefficient (Wildman–Crippen LogP) is 3.31. The highest BCUT2D eigenvalue weighted by molar-refractivity contribution is 7.92. The first kappa shape index (κ1) is 23.5. The number of nitrogens with one attached hydrogen (secondary N) is 1. The fourth-order valence-electron chi connectivity index (χ4n) is 3.66. The van der Waals surface area contributed by atoms with Gasteiger partial charge in [-0.25, -0.2) is 21.1 Å². The van der Waals surface area contributed by atoms with Crippen LogP contribution in [0.1, 0.15) is 19.3 Å². The molecule has 0 bridgehead atoms. The van der Waals surface area contributed by atoms with Gasteiger partial charge in [-0.3, -0.25) is 9.11 Å². The summed E-state index contributed by atoms with van der Waals surface area (Å²) in [6.07, 6.45) is 2.31. The molecule has 0 atom stereocenters. The number of sulfonamides is 2. The van der Waals surface area contributed by atoms with Crippen LogP contribution in [0, 0.1) is 5.92 Å². The number of hydrogen-bond donors (Lipinski definition) is 1. The quantitative estimate of drug-likeness (QED) is 0.641. The molecule has 0 radical (unpaired) electrons. The second kappa shape index (κ2) is 9.54. The number of piperidine rings is 1. The zero-order valence-electron chi connectivity index (χ0n) is 17.7. The van der Waals surface area contributed by atoms with E-state index in [2.05, 4.69) is 9.62 Å². The van der Waals surface area contributed by atoms with Gasteiger partial charge in [0.1, 0.15) is 0 Å². The first-order valence-electron chi connectivity index (χ1n) is 10.1. The van der Waals surface area contributed by atoms with Crippen molar-refractivity contribution in [1.82, 2.24) is 4.31 Å². The lowest BCUT2D eigenvalue weighted by molar-refractivity contribution is 0.332. The summed E-state index contributed by atoms with van der Waals surface area (Å²) in [5.41, 5.74) is 1.23. The molecule has 170 valence electrons. The van der Waals surface area contributed by atoms with Gasteiger partial charge >= 0.3 is 0 Å². The molecule has 1 aliphatic rings. The number of alkyl halides is 1. The second-order valence-corrected chi connectivity index (χ2v) is 11.6. The standard InChI is InChI=1S/C21H28FN3O4S2/c1-24(2)31(28,29)19-9-7-18(8-10-19)30(26,27)23-20-5-3-4-6-21(20)25-15-12-17(11-14-22)13-16-25/h3-10,17,23H,11-16H2,1-2H3. The minimum absolute atomic E-state index is 0.0213. The molecule has 1 N–H and O–H groups in total.